The van der Waals surface area contributed by atoms with Gasteiger partial charge in [-0.2, -0.15) is 0 Å². The lowest BCUT2D eigenvalue weighted by molar-refractivity contribution is -0.161. The first kappa shape index (κ1) is 95.1. The summed E-state index contributed by atoms with van der Waals surface area (Å²) in [5, 5.41) is 10.6. The van der Waals surface area contributed by atoms with Crippen LogP contribution in [0.4, 0.5) is 0 Å². The molecular weight excluding hydrogens is 1270 g/mol. The molecule has 0 aliphatic rings. The second-order valence-corrected chi connectivity index (χ2v) is 32.0. The molecule has 0 heterocycles. The summed E-state index contributed by atoms with van der Waals surface area (Å²) in [6.45, 7) is 9.65. The van der Waals surface area contributed by atoms with E-state index in [0.717, 1.165) is 102 Å². The van der Waals surface area contributed by atoms with Crippen LogP contribution in [0.3, 0.4) is 0 Å². The molecule has 97 heavy (non-hydrogen) atoms. The maximum Gasteiger partial charge on any atom is 0.472 e. The van der Waals surface area contributed by atoms with E-state index in [9.17, 15) is 43.2 Å². The van der Waals surface area contributed by atoms with Crippen molar-refractivity contribution in [2.45, 2.75) is 426 Å². The molecule has 2 unspecified atom stereocenters. The number of rotatable bonds is 77. The largest absolute Gasteiger partial charge is 0.472 e. The van der Waals surface area contributed by atoms with Crippen LogP contribution >= 0.6 is 15.6 Å². The number of hydrogen-bond donors (Lipinski definition) is 3. The highest BCUT2D eigenvalue weighted by molar-refractivity contribution is 7.47. The lowest BCUT2D eigenvalue weighted by atomic mass is 10.0. The number of phosphoric acid groups is 2. The Morgan fingerprint density at radius 2 is 0.474 bits per heavy atom. The SMILES string of the molecule is CCCCCCCCCCCCCCCC(=O)O[C@H](COC(=O)CCCCCCCCCCCCCC)COP(=O)(O)OC[C@H](O)COP(=O)(O)OC[C@@H](COC(=O)CCCCCCCCCCCCCCC(C)C)OC(=O)CCCCCCCCCCCCCCCCC(C)C. The van der Waals surface area contributed by atoms with Crippen molar-refractivity contribution in [2.75, 3.05) is 39.6 Å². The average Bonchev–Trinajstić information content (AvgIpc) is 1.02. The van der Waals surface area contributed by atoms with Gasteiger partial charge in [0.1, 0.15) is 19.3 Å². The number of carbonyl (C=O) groups is 4. The van der Waals surface area contributed by atoms with E-state index in [4.69, 9.17) is 37.0 Å². The van der Waals surface area contributed by atoms with E-state index in [1.165, 1.54) is 225 Å². The first-order valence-electron chi connectivity index (χ1n) is 40.5. The number of carbonyl (C=O) groups excluding carboxylic acids is 4. The number of aliphatic hydroxyl groups is 1. The van der Waals surface area contributed by atoms with Crippen LogP contribution in [0.25, 0.3) is 0 Å². The van der Waals surface area contributed by atoms with Crippen LogP contribution < -0.4 is 0 Å². The van der Waals surface area contributed by atoms with E-state index in [1.54, 1.807) is 0 Å². The zero-order valence-corrected chi connectivity index (χ0v) is 65.2. The molecule has 0 amide bonds. The van der Waals surface area contributed by atoms with Gasteiger partial charge in [0.05, 0.1) is 26.4 Å². The van der Waals surface area contributed by atoms with Gasteiger partial charge in [-0.1, -0.05) is 356 Å². The minimum absolute atomic E-state index is 0.108. The van der Waals surface area contributed by atoms with Gasteiger partial charge in [0.25, 0.3) is 0 Å². The summed E-state index contributed by atoms with van der Waals surface area (Å²) >= 11 is 0. The van der Waals surface area contributed by atoms with E-state index < -0.39 is 97.5 Å². The van der Waals surface area contributed by atoms with Crippen LogP contribution in [0, 0.1) is 11.8 Å². The molecule has 0 spiro atoms. The Morgan fingerprint density at radius 3 is 0.701 bits per heavy atom. The summed E-state index contributed by atoms with van der Waals surface area (Å²) in [7, 11) is -9.91. The van der Waals surface area contributed by atoms with Crippen molar-refractivity contribution in [1.82, 2.24) is 0 Å². The van der Waals surface area contributed by atoms with Crippen molar-refractivity contribution < 1.29 is 80.2 Å². The normalized spacial score (nSPS) is 14.0. The van der Waals surface area contributed by atoms with Gasteiger partial charge in [0, 0.05) is 25.7 Å². The van der Waals surface area contributed by atoms with Crippen LogP contribution in [-0.2, 0) is 65.4 Å². The molecule has 0 fully saturated rings. The highest BCUT2D eigenvalue weighted by atomic mass is 31.2. The molecular formula is C78H152O17P2. The third-order valence-corrected chi connectivity index (χ3v) is 20.1. The topological polar surface area (TPSA) is 237 Å². The summed E-state index contributed by atoms with van der Waals surface area (Å²) in [6, 6.07) is 0. The van der Waals surface area contributed by atoms with Crippen LogP contribution in [0.5, 0.6) is 0 Å². The van der Waals surface area contributed by atoms with Gasteiger partial charge in [0.2, 0.25) is 0 Å². The van der Waals surface area contributed by atoms with Gasteiger partial charge in [-0.05, 0) is 37.5 Å². The van der Waals surface area contributed by atoms with E-state index in [1.807, 2.05) is 0 Å². The fraction of sp³-hybridized carbons (Fsp3) is 0.949. The maximum absolute atomic E-state index is 13.1. The molecule has 0 bridgehead atoms. The second-order valence-electron chi connectivity index (χ2n) is 29.1. The fourth-order valence-electron chi connectivity index (χ4n) is 12.0. The van der Waals surface area contributed by atoms with E-state index in [-0.39, 0.29) is 25.7 Å². The Balaban J connectivity index is 5.26. The fourth-order valence-corrected chi connectivity index (χ4v) is 13.6. The third-order valence-electron chi connectivity index (χ3n) is 18.2. The van der Waals surface area contributed by atoms with E-state index in [0.29, 0.717) is 25.7 Å². The molecule has 19 heteroatoms. The van der Waals surface area contributed by atoms with Crippen molar-refractivity contribution >= 4 is 39.5 Å². The summed E-state index contributed by atoms with van der Waals surface area (Å²) in [6.07, 6.45) is 58.0. The van der Waals surface area contributed by atoms with E-state index in [2.05, 4.69) is 41.5 Å². The minimum Gasteiger partial charge on any atom is -0.462 e. The van der Waals surface area contributed by atoms with Crippen molar-refractivity contribution in [1.29, 1.82) is 0 Å². The Kier molecular flexibility index (Phi) is 68.4. The predicted octanol–water partition coefficient (Wildman–Crippen LogP) is 23.1. The first-order chi connectivity index (χ1) is 46.9. The molecule has 0 radical (unpaired) electrons. The Labute approximate surface area is 594 Å². The summed E-state index contributed by atoms with van der Waals surface area (Å²) in [5.41, 5.74) is 0. The quantitative estimate of drug-likeness (QED) is 0.0222. The molecule has 0 saturated heterocycles. The van der Waals surface area contributed by atoms with Gasteiger partial charge in [-0.15, -0.1) is 0 Å². The molecule has 0 saturated carbocycles. The lowest BCUT2D eigenvalue weighted by Crippen LogP contribution is -2.30. The van der Waals surface area contributed by atoms with Crippen LogP contribution in [0.2, 0.25) is 0 Å². The summed E-state index contributed by atoms with van der Waals surface area (Å²) in [5.74, 6) is -0.532. The van der Waals surface area contributed by atoms with Crippen molar-refractivity contribution in [3.63, 3.8) is 0 Å². The Hall–Kier alpha value is -1.94. The minimum atomic E-state index is -4.96. The highest BCUT2D eigenvalue weighted by Gasteiger charge is 2.30. The van der Waals surface area contributed by atoms with Gasteiger partial charge < -0.3 is 33.8 Å². The lowest BCUT2D eigenvalue weighted by Gasteiger charge is -2.21. The molecule has 0 aromatic carbocycles. The van der Waals surface area contributed by atoms with Crippen molar-refractivity contribution in [2.24, 2.45) is 11.8 Å². The predicted molar refractivity (Wildman–Crippen MR) is 395 cm³/mol. The van der Waals surface area contributed by atoms with Gasteiger partial charge in [-0.3, -0.25) is 37.3 Å². The van der Waals surface area contributed by atoms with Crippen molar-refractivity contribution in [3.05, 3.63) is 0 Å². The molecule has 0 aromatic rings. The second kappa shape index (κ2) is 69.8. The first-order valence-corrected chi connectivity index (χ1v) is 43.5. The monoisotopic (exact) mass is 1420 g/mol. The average molecular weight is 1420 g/mol. The van der Waals surface area contributed by atoms with Gasteiger partial charge in [-0.25, -0.2) is 9.13 Å². The smallest absolute Gasteiger partial charge is 0.462 e. The molecule has 17 nitrogen and oxygen atoms in total. The summed E-state index contributed by atoms with van der Waals surface area (Å²) < 4.78 is 68.6. The molecule has 0 aliphatic heterocycles. The summed E-state index contributed by atoms with van der Waals surface area (Å²) in [4.78, 5) is 72.9. The number of phosphoric ester groups is 2. The maximum atomic E-state index is 13.1. The van der Waals surface area contributed by atoms with Crippen LogP contribution in [0.1, 0.15) is 408 Å². The van der Waals surface area contributed by atoms with Crippen LogP contribution in [0.15, 0.2) is 0 Å². The molecule has 5 atom stereocenters. The number of unbranched alkanes of at least 4 members (excludes halogenated alkanes) is 47. The van der Waals surface area contributed by atoms with E-state index >= 15 is 0 Å². The molecule has 0 rings (SSSR count). The third kappa shape index (κ3) is 72.2. The Bertz CT molecular complexity index is 1870. The van der Waals surface area contributed by atoms with Gasteiger partial charge in [0.15, 0.2) is 12.2 Å². The standard InChI is InChI=1S/C78H152O17P2/c1-7-9-11-13-15-17-19-23-32-38-44-50-56-62-77(82)94-73(66-88-75(80)60-54-48-42-36-30-20-18-16-14-12-10-8-2)68-92-96(84,85)90-64-72(79)65-91-97(86,87)93-69-74(67-89-76(81)61-55-49-43-37-31-27-26-29-35-41-47-53-59-71(5)6)95-78(83)63-57-51-45-39-33-25-22-21-24-28-34-40-46-52-58-70(3)4/h70-74,79H,7-69H2,1-6H3,(H,84,85)(H,86,87)/t72-,73+,74+/m0/s1. The van der Waals surface area contributed by atoms with Crippen LogP contribution in [-0.4, -0.2) is 96.7 Å². The van der Waals surface area contributed by atoms with Gasteiger partial charge >= 0.3 is 39.5 Å². The zero-order valence-electron chi connectivity index (χ0n) is 63.4. The number of aliphatic hydroxyl groups excluding tert-OH is 1. The number of hydrogen-bond acceptors (Lipinski definition) is 15. The highest BCUT2D eigenvalue weighted by Crippen LogP contribution is 2.45. The molecule has 0 aliphatic carbocycles. The number of esters is 4. The molecule has 576 valence electrons. The van der Waals surface area contributed by atoms with Crippen molar-refractivity contribution in [3.8, 4) is 0 Å². The Morgan fingerprint density at radius 1 is 0.278 bits per heavy atom. The number of ether oxygens (including phenoxy) is 4. The zero-order chi connectivity index (χ0) is 71.4. The molecule has 0 aromatic heterocycles. The molecule has 3 N–H and O–H groups in total.